The second-order valence-electron chi connectivity index (χ2n) is 5.26. The summed E-state index contributed by atoms with van der Waals surface area (Å²) < 4.78 is 15.5. The Kier molecular flexibility index (Phi) is 3.33. The van der Waals surface area contributed by atoms with Crippen LogP contribution in [-0.2, 0) is 0 Å². The predicted molar refractivity (Wildman–Crippen MR) is 84.9 cm³/mol. The smallest absolute Gasteiger partial charge is 0.143 e. The zero-order valence-corrected chi connectivity index (χ0v) is 12.5. The minimum atomic E-state index is -0.278. The summed E-state index contributed by atoms with van der Waals surface area (Å²) in [6.45, 7) is 4.06. The number of anilines is 1. The van der Waals surface area contributed by atoms with E-state index in [4.69, 9.17) is 17.3 Å². The van der Waals surface area contributed by atoms with Crippen LogP contribution in [0.4, 0.5) is 10.1 Å². The zero-order chi connectivity index (χ0) is 15.1. The van der Waals surface area contributed by atoms with Gasteiger partial charge < -0.3 is 10.3 Å². The molecule has 0 amide bonds. The van der Waals surface area contributed by atoms with Crippen molar-refractivity contribution >= 4 is 28.3 Å². The van der Waals surface area contributed by atoms with Crippen molar-refractivity contribution in [2.45, 2.75) is 19.9 Å². The van der Waals surface area contributed by atoms with Gasteiger partial charge in [-0.05, 0) is 50.2 Å². The summed E-state index contributed by atoms with van der Waals surface area (Å²) in [4.78, 5) is 4.61. The van der Waals surface area contributed by atoms with Gasteiger partial charge in [0, 0.05) is 22.3 Å². The maximum Gasteiger partial charge on any atom is 0.143 e. The van der Waals surface area contributed by atoms with Crippen LogP contribution in [0.15, 0.2) is 36.4 Å². The third kappa shape index (κ3) is 2.36. The normalized spacial score (nSPS) is 11.5. The van der Waals surface area contributed by atoms with Crippen LogP contribution in [0, 0.1) is 5.82 Å². The van der Waals surface area contributed by atoms with Crippen molar-refractivity contribution in [1.82, 2.24) is 9.55 Å². The molecular weight excluding hydrogens is 289 g/mol. The van der Waals surface area contributed by atoms with E-state index in [1.54, 1.807) is 18.2 Å². The minimum absolute atomic E-state index is 0.127. The van der Waals surface area contributed by atoms with Crippen molar-refractivity contribution in [3.05, 3.63) is 47.2 Å². The Morgan fingerprint density at radius 3 is 2.62 bits per heavy atom. The van der Waals surface area contributed by atoms with E-state index in [-0.39, 0.29) is 11.9 Å². The lowest BCUT2D eigenvalue weighted by Gasteiger charge is -2.14. The number of benzene rings is 2. The number of halogens is 2. The largest absolute Gasteiger partial charge is 0.398 e. The number of hydrogen-bond acceptors (Lipinski definition) is 2. The monoisotopic (exact) mass is 303 g/mol. The maximum absolute atomic E-state index is 13.5. The standard InChI is InChI=1S/C16H15ClFN3/c1-9(2)21-15-8-11(18)4-6-14(15)20-16(21)12-5-3-10(17)7-13(12)19/h3-9H,19H2,1-2H3. The van der Waals surface area contributed by atoms with E-state index in [9.17, 15) is 4.39 Å². The van der Waals surface area contributed by atoms with E-state index in [1.807, 2.05) is 24.5 Å². The van der Waals surface area contributed by atoms with Gasteiger partial charge in [0.15, 0.2) is 0 Å². The highest BCUT2D eigenvalue weighted by molar-refractivity contribution is 6.31. The Balaban J connectivity index is 2.34. The number of nitrogens with zero attached hydrogens (tertiary/aromatic N) is 2. The van der Waals surface area contributed by atoms with Crippen molar-refractivity contribution in [3.8, 4) is 11.4 Å². The van der Waals surface area contributed by atoms with Gasteiger partial charge >= 0.3 is 0 Å². The van der Waals surface area contributed by atoms with Crippen molar-refractivity contribution in [3.63, 3.8) is 0 Å². The molecule has 0 aliphatic heterocycles. The second-order valence-corrected chi connectivity index (χ2v) is 5.70. The van der Waals surface area contributed by atoms with Gasteiger partial charge in [-0.1, -0.05) is 11.6 Å². The molecule has 5 heteroatoms. The molecule has 2 aromatic carbocycles. The first-order chi connectivity index (χ1) is 9.97. The molecule has 3 rings (SSSR count). The Bertz CT molecular complexity index is 824. The topological polar surface area (TPSA) is 43.8 Å². The molecule has 0 aliphatic rings. The average molecular weight is 304 g/mol. The summed E-state index contributed by atoms with van der Waals surface area (Å²) in [6, 6.07) is 10.0. The SMILES string of the molecule is CC(C)n1c(-c2ccc(Cl)cc2N)nc2ccc(F)cc21. The maximum atomic E-state index is 13.5. The van der Waals surface area contributed by atoms with Gasteiger partial charge in [-0.25, -0.2) is 9.37 Å². The minimum Gasteiger partial charge on any atom is -0.398 e. The lowest BCUT2D eigenvalue weighted by atomic mass is 10.1. The van der Waals surface area contributed by atoms with Gasteiger partial charge in [-0.3, -0.25) is 0 Å². The summed E-state index contributed by atoms with van der Waals surface area (Å²) in [5.41, 5.74) is 8.92. The van der Waals surface area contributed by atoms with Gasteiger partial charge in [0.1, 0.15) is 11.6 Å². The molecule has 108 valence electrons. The van der Waals surface area contributed by atoms with Crippen LogP contribution in [0.5, 0.6) is 0 Å². The Morgan fingerprint density at radius 2 is 1.95 bits per heavy atom. The van der Waals surface area contributed by atoms with Crippen LogP contribution in [0.2, 0.25) is 5.02 Å². The van der Waals surface area contributed by atoms with E-state index in [0.717, 1.165) is 22.4 Å². The molecule has 0 aliphatic carbocycles. The molecule has 3 aromatic rings. The van der Waals surface area contributed by atoms with Crippen LogP contribution in [-0.4, -0.2) is 9.55 Å². The van der Waals surface area contributed by atoms with Crippen LogP contribution in [0.3, 0.4) is 0 Å². The predicted octanol–water partition coefficient (Wildman–Crippen LogP) is 4.66. The molecule has 0 spiro atoms. The Hall–Kier alpha value is -2.07. The van der Waals surface area contributed by atoms with E-state index < -0.39 is 0 Å². The number of imidazole rings is 1. The highest BCUT2D eigenvalue weighted by atomic mass is 35.5. The van der Waals surface area contributed by atoms with E-state index >= 15 is 0 Å². The van der Waals surface area contributed by atoms with Crippen molar-refractivity contribution < 1.29 is 4.39 Å². The van der Waals surface area contributed by atoms with Crippen molar-refractivity contribution in [1.29, 1.82) is 0 Å². The molecule has 0 atom stereocenters. The number of rotatable bonds is 2. The van der Waals surface area contributed by atoms with Crippen molar-refractivity contribution in [2.24, 2.45) is 0 Å². The average Bonchev–Trinajstić information content (AvgIpc) is 2.76. The molecule has 0 saturated carbocycles. The molecule has 1 aromatic heterocycles. The molecule has 0 radical (unpaired) electrons. The molecule has 2 N–H and O–H groups in total. The van der Waals surface area contributed by atoms with Crippen LogP contribution < -0.4 is 5.73 Å². The van der Waals surface area contributed by atoms with Crippen LogP contribution in [0.1, 0.15) is 19.9 Å². The fourth-order valence-corrected chi connectivity index (χ4v) is 2.70. The summed E-state index contributed by atoms with van der Waals surface area (Å²) in [5, 5.41) is 0.578. The number of hydrogen-bond donors (Lipinski definition) is 1. The molecule has 21 heavy (non-hydrogen) atoms. The molecule has 0 saturated heterocycles. The highest BCUT2D eigenvalue weighted by Crippen LogP contribution is 2.33. The lowest BCUT2D eigenvalue weighted by Crippen LogP contribution is -2.04. The third-order valence-corrected chi connectivity index (χ3v) is 3.66. The van der Waals surface area contributed by atoms with Gasteiger partial charge in [-0.15, -0.1) is 0 Å². The Labute approximate surface area is 127 Å². The summed E-state index contributed by atoms with van der Waals surface area (Å²) in [5.74, 6) is 0.444. The van der Waals surface area contributed by atoms with Gasteiger partial charge in [0.2, 0.25) is 0 Å². The molecule has 1 heterocycles. The molecule has 0 unspecified atom stereocenters. The number of nitrogen functional groups attached to an aromatic ring is 1. The van der Waals surface area contributed by atoms with Gasteiger partial charge in [-0.2, -0.15) is 0 Å². The fourth-order valence-electron chi connectivity index (χ4n) is 2.52. The summed E-state index contributed by atoms with van der Waals surface area (Å²) in [7, 11) is 0. The van der Waals surface area contributed by atoms with E-state index in [0.29, 0.717) is 10.7 Å². The van der Waals surface area contributed by atoms with Gasteiger partial charge in [0.05, 0.1) is 11.0 Å². The first-order valence-corrected chi connectivity index (χ1v) is 7.08. The number of aromatic nitrogens is 2. The molecule has 0 bridgehead atoms. The van der Waals surface area contributed by atoms with Crippen LogP contribution >= 0.6 is 11.6 Å². The van der Waals surface area contributed by atoms with E-state index in [1.165, 1.54) is 12.1 Å². The highest BCUT2D eigenvalue weighted by Gasteiger charge is 2.17. The zero-order valence-electron chi connectivity index (χ0n) is 11.8. The first kappa shape index (κ1) is 13.9. The molecule has 3 nitrogen and oxygen atoms in total. The Morgan fingerprint density at radius 1 is 1.19 bits per heavy atom. The summed E-state index contributed by atoms with van der Waals surface area (Å²) >= 11 is 5.95. The van der Waals surface area contributed by atoms with E-state index in [2.05, 4.69) is 4.98 Å². The van der Waals surface area contributed by atoms with Gasteiger partial charge in [0.25, 0.3) is 0 Å². The molecule has 0 fully saturated rings. The first-order valence-electron chi connectivity index (χ1n) is 6.70. The fraction of sp³-hybridized carbons (Fsp3) is 0.188. The number of nitrogens with two attached hydrogens (primary N) is 1. The second kappa shape index (κ2) is 5.04. The quantitative estimate of drug-likeness (QED) is 0.700. The lowest BCUT2D eigenvalue weighted by molar-refractivity contribution is 0.613. The van der Waals surface area contributed by atoms with Crippen molar-refractivity contribution in [2.75, 3.05) is 5.73 Å². The molecular formula is C16H15ClFN3. The summed E-state index contributed by atoms with van der Waals surface area (Å²) in [6.07, 6.45) is 0. The van der Waals surface area contributed by atoms with Crippen LogP contribution in [0.25, 0.3) is 22.4 Å². The number of fused-ring (bicyclic) bond motifs is 1. The third-order valence-electron chi connectivity index (χ3n) is 3.42.